The van der Waals surface area contributed by atoms with Crippen LogP contribution in [0.15, 0.2) is 70.3 Å². The van der Waals surface area contributed by atoms with Gasteiger partial charge in [-0.2, -0.15) is 9.61 Å². The first-order chi connectivity index (χ1) is 15.0. The molecule has 2 heterocycles. The molecule has 0 bridgehead atoms. The van der Waals surface area contributed by atoms with Crippen LogP contribution in [0.1, 0.15) is 10.4 Å². The zero-order valence-corrected chi connectivity index (χ0v) is 18.7. The molecule has 4 rings (SSSR count). The van der Waals surface area contributed by atoms with Crippen molar-refractivity contribution < 1.29 is 14.3 Å². The lowest BCUT2D eigenvalue weighted by Crippen LogP contribution is -2.14. The fraction of sp³-hybridized carbons (Fsp3) is 0.0952. The number of nitrogens with one attached hydrogen (secondary N) is 1. The molecule has 1 amide bonds. The molecule has 0 saturated heterocycles. The number of benzene rings is 2. The summed E-state index contributed by atoms with van der Waals surface area (Å²) in [6, 6.07) is 18.0. The molecule has 2 aromatic heterocycles. The number of hydrogen-bond acceptors (Lipinski definition) is 7. The molecule has 8 nitrogen and oxygen atoms in total. The average molecular weight is 498 g/mol. The normalized spacial score (nSPS) is 10.8. The number of carbonyl (C=O) groups is 2. The van der Waals surface area contributed by atoms with Gasteiger partial charge in [0.25, 0.3) is 0 Å². The van der Waals surface area contributed by atoms with E-state index in [1.165, 1.54) is 18.9 Å². The number of hydrogen-bond donors (Lipinski definition) is 1. The third-order valence-electron chi connectivity index (χ3n) is 4.30. The highest BCUT2D eigenvalue weighted by molar-refractivity contribution is 9.10. The Morgan fingerprint density at radius 2 is 1.77 bits per heavy atom. The second-order valence-corrected chi connectivity index (χ2v) is 8.24. The highest BCUT2D eigenvalue weighted by Gasteiger charge is 2.12. The van der Waals surface area contributed by atoms with Gasteiger partial charge in [-0.15, -0.1) is 10.2 Å². The van der Waals surface area contributed by atoms with Crippen molar-refractivity contribution in [3.05, 3.63) is 70.7 Å². The van der Waals surface area contributed by atoms with Gasteiger partial charge in [0.1, 0.15) is 0 Å². The van der Waals surface area contributed by atoms with Crippen LogP contribution in [0.5, 0.6) is 0 Å². The smallest absolute Gasteiger partial charge is 0.337 e. The lowest BCUT2D eigenvalue weighted by atomic mass is 10.1. The van der Waals surface area contributed by atoms with Crippen molar-refractivity contribution in [2.45, 2.75) is 5.16 Å². The summed E-state index contributed by atoms with van der Waals surface area (Å²) in [6.07, 6.45) is 0. The van der Waals surface area contributed by atoms with E-state index >= 15 is 0 Å². The van der Waals surface area contributed by atoms with E-state index < -0.39 is 5.97 Å². The summed E-state index contributed by atoms with van der Waals surface area (Å²) >= 11 is 4.66. The number of ether oxygens (including phenoxy) is 1. The van der Waals surface area contributed by atoms with Crippen molar-refractivity contribution in [2.24, 2.45) is 0 Å². The number of halogens is 1. The van der Waals surface area contributed by atoms with E-state index in [9.17, 15) is 9.59 Å². The first-order valence-corrected chi connectivity index (χ1v) is 10.9. The van der Waals surface area contributed by atoms with Crippen molar-refractivity contribution in [1.29, 1.82) is 0 Å². The maximum absolute atomic E-state index is 12.3. The third kappa shape index (κ3) is 4.92. The number of carbonyl (C=O) groups excluding carboxylic acids is 2. The quantitative estimate of drug-likeness (QED) is 0.316. The van der Waals surface area contributed by atoms with E-state index in [0.29, 0.717) is 22.1 Å². The lowest BCUT2D eigenvalue weighted by molar-refractivity contribution is -0.113. The number of esters is 1. The van der Waals surface area contributed by atoms with Crippen LogP contribution in [-0.2, 0) is 9.53 Å². The third-order valence-corrected chi connectivity index (χ3v) is 5.74. The molecule has 4 aromatic rings. The van der Waals surface area contributed by atoms with Crippen LogP contribution < -0.4 is 5.32 Å². The molecule has 0 aliphatic carbocycles. The largest absolute Gasteiger partial charge is 0.465 e. The predicted octanol–water partition coefficient (Wildman–Crippen LogP) is 4.07. The Labute approximate surface area is 190 Å². The van der Waals surface area contributed by atoms with Gasteiger partial charge >= 0.3 is 5.97 Å². The second kappa shape index (κ2) is 9.27. The summed E-state index contributed by atoms with van der Waals surface area (Å²) in [5, 5.41) is 16.2. The molecule has 0 atom stereocenters. The average Bonchev–Trinajstić information content (AvgIpc) is 3.20. The molecular weight excluding hydrogens is 482 g/mol. The molecule has 0 aliphatic heterocycles. The maximum atomic E-state index is 12.3. The summed E-state index contributed by atoms with van der Waals surface area (Å²) in [6.45, 7) is 0. The molecule has 0 spiro atoms. The predicted molar refractivity (Wildman–Crippen MR) is 121 cm³/mol. The van der Waals surface area contributed by atoms with Gasteiger partial charge in [-0.05, 0) is 48.5 Å². The minimum Gasteiger partial charge on any atom is -0.465 e. The summed E-state index contributed by atoms with van der Waals surface area (Å²) < 4.78 is 7.28. The maximum Gasteiger partial charge on any atom is 0.337 e. The number of fused-ring (bicyclic) bond motifs is 1. The van der Waals surface area contributed by atoms with Crippen molar-refractivity contribution in [3.63, 3.8) is 0 Å². The van der Waals surface area contributed by atoms with Crippen LogP contribution in [0.4, 0.5) is 5.69 Å². The fourth-order valence-corrected chi connectivity index (χ4v) is 3.72. The highest BCUT2D eigenvalue weighted by Crippen LogP contribution is 2.22. The number of aromatic nitrogens is 4. The molecule has 2 aromatic carbocycles. The van der Waals surface area contributed by atoms with Gasteiger partial charge in [-0.1, -0.05) is 39.8 Å². The molecule has 1 N–H and O–H groups in total. The molecule has 31 heavy (non-hydrogen) atoms. The molecule has 0 unspecified atom stereocenters. The first kappa shape index (κ1) is 21.0. The number of thioether (sulfide) groups is 1. The van der Waals surface area contributed by atoms with Crippen LogP contribution in [0, 0.1) is 0 Å². The van der Waals surface area contributed by atoms with E-state index in [0.717, 1.165) is 15.7 Å². The van der Waals surface area contributed by atoms with Gasteiger partial charge < -0.3 is 10.1 Å². The van der Waals surface area contributed by atoms with Crippen molar-refractivity contribution in [2.75, 3.05) is 18.2 Å². The zero-order valence-electron chi connectivity index (χ0n) is 16.3. The van der Waals surface area contributed by atoms with Crippen LogP contribution in [0.3, 0.4) is 0 Å². The Kier molecular flexibility index (Phi) is 6.28. The van der Waals surface area contributed by atoms with Crippen LogP contribution in [0.25, 0.3) is 16.9 Å². The van der Waals surface area contributed by atoms with Crippen LogP contribution in [0.2, 0.25) is 0 Å². The van der Waals surface area contributed by atoms with Crippen molar-refractivity contribution >= 4 is 50.9 Å². The van der Waals surface area contributed by atoms with Crippen molar-refractivity contribution in [3.8, 4) is 11.3 Å². The summed E-state index contributed by atoms with van der Waals surface area (Å²) in [5.74, 6) is -0.511. The minimum atomic E-state index is -0.429. The van der Waals surface area contributed by atoms with E-state index in [1.807, 2.05) is 36.4 Å². The second-order valence-electron chi connectivity index (χ2n) is 6.38. The summed E-state index contributed by atoms with van der Waals surface area (Å²) in [4.78, 5) is 23.8. The Bertz CT molecular complexity index is 1240. The lowest BCUT2D eigenvalue weighted by Gasteiger charge is -2.06. The first-order valence-electron chi connectivity index (χ1n) is 9.13. The fourth-order valence-electron chi connectivity index (χ4n) is 2.77. The molecular formula is C21H16BrN5O3S. The topological polar surface area (TPSA) is 98.5 Å². The molecule has 0 radical (unpaired) electrons. The van der Waals surface area contributed by atoms with Gasteiger partial charge in [0, 0.05) is 15.7 Å². The molecule has 0 saturated carbocycles. The van der Waals surface area contributed by atoms with Gasteiger partial charge in [0.2, 0.25) is 11.1 Å². The van der Waals surface area contributed by atoms with Gasteiger partial charge in [-0.25, -0.2) is 4.79 Å². The summed E-state index contributed by atoms with van der Waals surface area (Å²) in [7, 11) is 1.32. The zero-order chi connectivity index (χ0) is 21.8. The number of anilines is 1. The number of methoxy groups -OCH3 is 1. The van der Waals surface area contributed by atoms with Gasteiger partial charge in [0.05, 0.1) is 24.1 Å². The Balaban J connectivity index is 1.43. The molecule has 156 valence electrons. The van der Waals surface area contributed by atoms with Crippen molar-refractivity contribution in [1.82, 2.24) is 19.8 Å². The molecule has 0 fully saturated rings. The van der Waals surface area contributed by atoms with E-state index in [-0.39, 0.29) is 11.7 Å². The minimum absolute atomic E-state index is 0.129. The molecule has 10 heteroatoms. The summed E-state index contributed by atoms with van der Waals surface area (Å²) in [5.41, 5.74) is 3.33. The Hall–Kier alpha value is -3.24. The number of rotatable bonds is 6. The van der Waals surface area contributed by atoms with E-state index in [2.05, 4.69) is 41.3 Å². The highest BCUT2D eigenvalue weighted by atomic mass is 79.9. The van der Waals surface area contributed by atoms with Crippen LogP contribution in [-0.4, -0.2) is 44.6 Å². The Morgan fingerprint density at radius 3 is 2.48 bits per heavy atom. The Morgan fingerprint density at radius 1 is 1.03 bits per heavy atom. The van der Waals surface area contributed by atoms with Crippen LogP contribution >= 0.6 is 27.7 Å². The number of amides is 1. The monoisotopic (exact) mass is 497 g/mol. The van der Waals surface area contributed by atoms with Gasteiger partial charge in [0.15, 0.2) is 5.65 Å². The molecule has 0 aliphatic rings. The standard InChI is InChI=1S/C21H16BrN5O3S/c1-30-20(29)14-4-8-16(9-5-14)23-19(28)12-31-21-25-24-18-11-10-17(26-27(18)21)13-2-6-15(22)7-3-13/h2-11H,12H2,1H3,(H,23,28). The SMILES string of the molecule is COC(=O)c1ccc(NC(=O)CSc2nnc3ccc(-c4ccc(Br)cc4)nn23)cc1. The van der Waals surface area contributed by atoms with Gasteiger partial charge in [-0.3, -0.25) is 4.79 Å². The van der Waals surface area contributed by atoms with E-state index in [4.69, 9.17) is 0 Å². The van der Waals surface area contributed by atoms with E-state index in [1.54, 1.807) is 28.8 Å². The number of nitrogens with zero attached hydrogens (tertiary/aromatic N) is 4.